The van der Waals surface area contributed by atoms with Crippen LogP contribution in [0, 0.1) is 0 Å². The van der Waals surface area contributed by atoms with Crippen molar-refractivity contribution >= 4 is 15.7 Å². The molecule has 0 aliphatic heterocycles. The van der Waals surface area contributed by atoms with E-state index in [1.807, 2.05) is 0 Å². The summed E-state index contributed by atoms with van der Waals surface area (Å²) in [6.07, 6.45) is 0. The Balaban J connectivity index is 2.49. The molecule has 0 atom stereocenters. The fourth-order valence-electron chi connectivity index (χ4n) is 1.28. The zero-order valence-corrected chi connectivity index (χ0v) is 11.4. The molecule has 0 fully saturated rings. The molecule has 1 aromatic rings. The predicted octanol–water partition coefficient (Wildman–Crippen LogP) is -0.0843. The minimum absolute atomic E-state index is 0.000286. The molecule has 0 radical (unpaired) electrons. The number of methoxy groups -OCH3 is 1. The summed E-state index contributed by atoms with van der Waals surface area (Å²) in [5.41, 5.74) is 5.46. The average molecular weight is 290 g/mol. The summed E-state index contributed by atoms with van der Waals surface area (Å²) in [5, 5.41) is 9.23. The summed E-state index contributed by atoms with van der Waals surface area (Å²) in [4.78, 5) is -0.000286. The van der Waals surface area contributed by atoms with Crippen molar-refractivity contribution in [1.82, 2.24) is 4.72 Å². The highest BCUT2D eigenvalue weighted by atomic mass is 32.2. The molecule has 0 aliphatic carbocycles. The lowest BCUT2D eigenvalue weighted by Crippen LogP contribution is -2.27. The fourth-order valence-corrected chi connectivity index (χ4v) is 2.32. The van der Waals surface area contributed by atoms with E-state index in [-0.39, 0.29) is 29.5 Å². The van der Waals surface area contributed by atoms with Gasteiger partial charge in [-0.25, -0.2) is 13.1 Å². The van der Waals surface area contributed by atoms with Gasteiger partial charge in [0.25, 0.3) is 0 Å². The number of sulfonamides is 1. The first-order valence-electron chi connectivity index (χ1n) is 5.62. The van der Waals surface area contributed by atoms with Crippen LogP contribution in [0.2, 0.25) is 0 Å². The van der Waals surface area contributed by atoms with Crippen LogP contribution in [0.3, 0.4) is 0 Å². The van der Waals surface area contributed by atoms with Crippen LogP contribution in [-0.2, 0) is 19.5 Å². The molecule has 0 heterocycles. The normalized spacial score (nSPS) is 11.6. The Morgan fingerprint density at radius 2 is 2.05 bits per heavy atom. The van der Waals surface area contributed by atoms with Crippen LogP contribution in [0.25, 0.3) is 0 Å². The van der Waals surface area contributed by atoms with E-state index in [2.05, 4.69) is 4.72 Å². The molecule has 108 valence electrons. The van der Waals surface area contributed by atoms with Gasteiger partial charge in [0.2, 0.25) is 10.0 Å². The minimum Gasteiger partial charge on any atom is -0.506 e. The third-order valence-corrected chi connectivity index (χ3v) is 3.74. The Kier molecular flexibility index (Phi) is 6.03. The van der Waals surface area contributed by atoms with Crippen molar-refractivity contribution in [2.24, 2.45) is 0 Å². The minimum atomic E-state index is -3.64. The number of nitrogen functional groups attached to an aromatic ring is 1. The summed E-state index contributed by atoms with van der Waals surface area (Å²) in [7, 11) is -2.09. The molecular formula is C11H18N2O5S. The molecule has 4 N–H and O–H groups in total. The van der Waals surface area contributed by atoms with Crippen molar-refractivity contribution < 1.29 is 23.0 Å². The van der Waals surface area contributed by atoms with Gasteiger partial charge in [0.15, 0.2) is 0 Å². The van der Waals surface area contributed by atoms with E-state index in [1.54, 1.807) is 7.11 Å². The molecule has 0 bridgehead atoms. The molecule has 19 heavy (non-hydrogen) atoms. The molecule has 1 aromatic carbocycles. The van der Waals surface area contributed by atoms with Crippen LogP contribution in [0.15, 0.2) is 23.1 Å². The van der Waals surface area contributed by atoms with Crippen molar-refractivity contribution in [3.63, 3.8) is 0 Å². The zero-order valence-electron chi connectivity index (χ0n) is 10.6. The SMILES string of the molecule is COCCOCCNS(=O)(=O)c1ccc(O)c(N)c1. The summed E-state index contributed by atoms with van der Waals surface area (Å²) < 4.78 is 36.0. The number of anilines is 1. The van der Waals surface area contributed by atoms with E-state index < -0.39 is 10.0 Å². The highest BCUT2D eigenvalue weighted by molar-refractivity contribution is 7.89. The number of ether oxygens (including phenoxy) is 2. The summed E-state index contributed by atoms with van der Waals surface area (Å²) >= 11 is 0. The summed E-state index contributed by atoms with van der Waals surface area (Å²) in [6, 6.07) is 3.71. The van der Waals surface area contributed by atoms with E-state index in [0.717, 1.165) is 0 Å². The third-order valence-electron chi connectivity index (χ3n) is 2.28. The summed E-state index contributed by atoms with van der Waals surface area (Å²) in [6.45, 7) is 1.26. The van der Waals surface area contributed by atoms with Crippen molar-refractivity contribution in [2.75, 3.05) is 39.2 Å². The number of phenols is 1. The standard InChI is InChI=1S/C11H18N2O5S/c1-17-6-7-18-5-4-13-19(15,16)9-2-3-11(14)10(12)8-9/h2-3,8,13-14H,4-7,12H2,1H3. The van der Waals surface area contributed by atoms with E-state index in [1.165, 1.54) is 18.2 Å². The van der Waals surface area contributed by atoms with E-state index in [4.69, 9.17) is 15.2 Å². The number of nitrogens with one attached hydrogen (secondary N) is 1. The second kappa shape index (κ2) is 7.29. The summed E-state index contributed by atoms with van der Waals surface area (Å²) in [5.74, 6) is -0.151. The maximum Gasteiger partial charge on any atom is 0.240 e. The molecule has 1 rings (SSSR count). The lowest BCUT2D eigenvalue weighted by molar-refractivity contribution is 0.0736. The monoisotopic (exact) mass is 290 g/mol. The van der Waals surface area contributed by atoms with E-state index in [0.29, 0.717) is 13.2 Å². The van der Waals surface area contributed by atoms with Gasteiger partial charge >= 0.3 is 0 Å². The molecule has 0 spiro atoms. The zero-order chi connectivity index (χ0) is 14.3. The highest BCUT2D eigenvalue weighted by Crippen LogP contribution is 2.22. The number of phenolic OH excluding ortho intramolecular Hbond substituents is 1. The number of nitrogens with two attached hydrogens (primary N) is 1. The van der Waals surface area contributed by atoms with Crippen molar-refractivity contribution in [2.45, 2.75) is 4.90 Å². The second-order valence-electron chi connectivity index (χ2n) is 3.72. The Hall–Kier alpha value is -1.35. The van der Waals surface area contributed by atoms with Crippen molar-refractivity contribution in [3.8, 4) is 5.75 Å². The Bertz CT molecular complexity index is 504. The molecular weight excluding hydrogens is 272 g/mol. The number of aromatic hydroxyl groups is 1. The predicted molar refractivity (Wildman–Crippen MR) is 70.4 cm³/mol. The van der Waals surface area contributed by atoms with E-state index in [9.17, 15) is 13.5 Å². The van der Waals surface area contributed by atoms with Gasteiger partial charge in [-0.15, -0.1) is 0 Å². The Labute approximate surface area is 112 Å². The van der Waals surface area contributed by atoms with Gasteiger partial charge in [-0.3, -0.25) is 0 Å². The molecule has 0 saturated carbocycles. The molecule has 0 saturated heterocycles. The second-order valence-corrected chi connectivity index (χ2v) is 5.49. The van der Waals surface area contributed by atoms with Crippen molar-refractivity contribution in [3.05, 3.63) is 18.2 Å². The van der Waals surface area contributed by atoms with Crippen LogP contribution in [0.4, 0.5) is 5.69 Å². The molecule has 0 amide bonds. The first kappa shape index (κ1) is 15.7. The van der Waals surface area contributed by atoms with Crippen LogP contribution in [-0.4, -0.2) is 47.0 Å². The fraction of sp³-hybridized carbons (Fsp3) is 0.455. The Morgan fingerprint density at radius 1 is 1.32 bits per heavy atom. The number of hydrogen-bond acceptors (Lipinski definition) is 6. The van der Waals surface area contributed by atoms with E-state index >= 15 is 0 Å². The first-order valence-corrected chi connectivity index (χ1v) is 7.10. The first-order chi connectivity index (χ1) is 8.97. The molecule has 0 aromatic heterocycles. The lowest BCUT2D eigenvalue weighted by Gasteiger charge is -2.08. The van der Waals surface area contributed by atoms with Gasteiger partial charge in [-0.05, 0) is 18.2 Å². The quantitative estimate of drug-likeness (QED) is 0.351. The van der Waals surface area contributed by atoms with Crippen LogP contribution >= 0.6 is 0 Å². The number of rotatable bonds is 8. The van der Waals surface area contributed by atoms with Crippen LogP contribution in [0.1, 0.15) is 0 Å². The highest BCUT2D eigenvalue weighted by Gasteiger charge is 2.14. The van der Waals surface area contributed by atoms with Gasteiger partial charge in [-0.1, -0.05) is 0 Å². The largest absolute Gasteiger partial charge is 0.506 e. The van der Waals surface area contributed by atoms with Crippen molar-refractivity contribution in [1.29, 1.82) is 0 Å². The lowest BCUT2D eigenvalue weighted by atomic mass is 10.3. The molecule has 7 nitrogen and oxygen atoms in total. The van der Waals surface area contributed by atoms with Gasteiger partial charge in [0.1, 0.15) is 5.75 Å². The van der Waals surface area contributed by atoms with Crippen LogP contribution < -0.4 is 10.5 Å². The number of benzene rings is 1. The Morgan fingerprint density at radius 3 is 2.68 bits per heavy atom. The maximum absolute atomic E-state index is 11.9. The molecule has 0 aliphatic rings. The maximum atomic E-state index is 11.9. The average Bonchev–Trinajstić information content (AvgIpc) is 2.36. The topological polar surface area (TPSA) is 111 Å². The van der Waals surface area contributed by atoms with Gasteiger partial charge < -0.3 is 20.3 Å². The van der Waals surface area contributed by atoms with Gasteiger partial charge in [0, 0.05) is 13.7 Å². The smallest absolute Gasteiger partial charge is 0.240 e. The molecule has 0 unspecified atom stereocenters. The third kappa shape index (κ3) is 5.03. The van der Waals surface area contributed by atoms with Gasteiger partial charge in [0.05, 0.1) is 30.4 Å². The molecule has 8 heteroatoms. The van der Waals surface area contributed by atoms with Gasteiger partial charge in [-0.2, -0.15) is 0 Å². The van der Waals surface area contributed by atoms with Crippen LogP contribution in [0.5, 0.6) is 5.75 Å². The number of hydrogen-bond donors (Lipinski definition) is 3.